The molecule has 1 saturated heterocycles. The monoisotopic (exact) mass is 198 g/mol. The van der Waals surface area contributed by atoms with Gasteiger partial charge in [-0.05, 0) is 12.3 Å². The van der Waals surface area contributed by atoms with E-state index in [1.807, 2.05) is 0 Å². The van der Waals surface area contributed by atoms with Crippen molar-refractivity contribution in [2.75, 3.05) is 19.8 Å². The minimum Gasteiger partial charge on any atom is -0.381 e. The zero-order valence-corrected chi connectivity index (χ0v) is 8.53. The Morgan fingerprint density at radius 1 is 1.71 bits per heavy atom. The zero-order chi connectivity index (χ0) is 10.4. The van der Waals surface area contributed by atoms with Crippen LogP contribution in [0.3, 0.4) is 0 Å². The van der Waals surface area contributed by atoms with Gasteiger partial charge in [0.1, 0.15) is 0 Å². The van der Waals surface area contributed by atoms with E-state index in [1.54, 1.807) is 6.08 Å². The maximum atomic E-state index is 11.3. The summed E-state index contributed by atoms with van der Waals surface area (Å²) in [5.74, 6) is 0.327. The van der Waals surface area contributed by atoms with Crippen LogP contribution in [-0.4, -0.2) is 31.7 Å². The summed E-state index contributed by atoms with van der Waals surface area (Å²) < 4.78 is 5.29. The Hall–Kier alpha value is -0.870. The molecule has 0 radical (unpaired) electrons. The van der Waals surface area contributed by atoms with Crippen molar-refractivity contribution in [3.8, 4) is 0 Å². The van der Waals surface area contributed by atoms with E-state index in [-0.39, 0.29) is 11.9 Å². The average molecular weight is 198 g/mol. The lowest BCUT2D eigenvalue weighted by Crippen LogP contribution is -2.43. The van der Waals surface area contributed by atoms with Crippen molar-refractivity contribution < 1.29 is 9.53 Å². The van der Waals surface area contributed by atoms with Crippen LogP contribution in [0.2, 0.25) is 0 Å². The normalized spacial score (nSPS) is 27.9. The molecule has 0 saturated carbocycles. The van der Waals surface area contributed by atoms with Crippen LogP contribution in [0.15, 0.2) is 12.2 Å². The van der Waals surface area contributed by atoms with E-state index in [9.17, 15) is 4.79 Å². The first-order valence-electron chi connectivity index (χ1n) is 4.99. The molecular formula is C10H18N2O2. The molecule has 3 N–H and O–H groups in total. The third kappa shape index (κ3) is 3.47. The van der Waals surface area contributed by atoms with E-state index in [0.717, 1.165) is 19.6 Å². The Morgan fingerprint density at radius 2 is 2.50 bits per heavy atom. The van der Waals surface area contributed by atoms with E-state index >= 15 is 0 Å². The van der Waals surface area contributed by atoms with Crippen LogP contribution in [0, 0.1) is 5.92 Å². The van der Waals surface area contributed by atoms with Crippen LogP contribution >= 0.6 is 0 Å². The van der Waals surface area contributed by atoms with Crippen LogP contribution in [0.4, 0.5) is 0 Å². The minimum atomic E-state index is -0.0609. The number of nitrogens with one attached hydrogen (secondary N) is 1. The molecule has 2 atom stereocenters. The fourth-order valence-corrected chi connectivity index (χ4v) is 1.50. The smallest absolute Gasteiger partial charge is 0.243 e. The molecule has 4 nitrogen and oxygen atoms in total. The third-order valence-corrected chi connectivity index (χ3v) is 2.37. The van der Waals surface area contributed by atoms with Crippen molar-refractivity contribution in [1.82, 2.24) is 5.32 Å². The summed E-state index contributed by atoms with van der Waals surface area (Å²) in [6.07, 6.45) is 4.03. The Morgan fingerprint density at radius 3 is 3.14 bits per heavy atom. The number of carbonyl (C=O) groups excluding carboxylic acids is 1. The molecule has 1 heterocycles. The first-order chi connectivity index (χ1) is 6.74. The van der Waals surface area contributed by atoms with Crippen molar-refractivity contribution in [2.24, 2.45) is 11.7 Å². The lowest BCUT2D eigenvalue weighted by atomic mass is 9.98. The number of ether oxygens (including phenoxy) is 1. The molecular weight excluding hydrogens is 180 g/mol. The molecule has 2 unspecified atom stereocenters. The van der Waals surface area contributed by atoms with E-state index < -0.39 is 0 Å². The van der Waals surface area contributed by atoms with Crippen LogP contribution in [0.1, 0.15) is 13.3 Å². The summed E-state index contributed by atoms with van der Waals surface area (Å²) in [6.45, 7) is 3.94. The molecule has 1 aliphatic heterocycles. The molecule has 0 aliphatic carbocycles. The quantitative estimate of drug-likeness (QED) is 0.629. The number of amides is 1. The highest BCUT2D eigenvalue weighted by molar-refractivity contribution is 5.87. The molecule has 1 aliphatic rings. The lowest BCUT2D eigenvalue weighted by Gasteiger charge is -2.29. The summed E-state index contributed by atoms with van der Waals surface area (Å²) in [6, 6.07) is 0.235. The molecule has 0 aromatic heterocycles. The Kier molecular flexibility index (Phi) is 4.62. The van der Waals surface area contributed by atoms with Gasteiger partial charge in [0.05, 0.1) is 6.61 Å². The first-order valence-corrected chi connectivity index (χ1v) is 4.99. The average Bonchev–Trinajstić information content (AvgIpc) is 2.18. The van der Waals surface area contributed by atoms with Crippen LogP contribution in [0.25, 0.3) is 0 Å². The second-order valence-corrected chi connectivity index (χ2v) is 3.59. The zero-order valence-electron chi connectivity index (χ0n) is 8.53. The minimum absolute atomic E-state index is 0.0609. The summed E-state index contributed by atoms with van der Waals surface area (Å²) in [7, 11) is 0. The van der Waals surface area contributed by atoms with E-state index in [2.05, 4.69) is 12.2 Å². The van der Waals surface area contributed by atoms with E-state index in [0.29, 0.717) is 12.5 Å². The van der Waals surface area contributed by atoms with Gasteiger partial charge in [-0.2, -0.15) is 0 Å². The molecule has 80 valence electrons. The summed E-state index contributed by atoms with van der Waals surface area (Å²) >= 11 is 0. The highest BCUT2D eigenvalue weighted by atomic mass is 16.5. The Labute approximate surface area is 84.5 Å². The van der Waals surface area contributed by atoms with Gasteiger partial charge in [-0.3, -0.25) is 4.79 Å². The highest BCUT2D eigenvalue weighted by Gasteiger charge is 2.22. The second-order valence-electron chi connectivity index (χ2n) is 3.59. The van der Waals surface area contributed by atoms with Gasteiger partial charge in [0.2, 0.25) is 5.91 Å². The van der Waals surface area contributed by atoms with Gasteiger partial charge in [-0.25, -0.2) is 0 Å². The second kappa shape index (κ2) is 5.78. The number of hydrogen-bond donors (Lipinski definition) is 2. The number of rotatable bonds is 3. The van der Waals surface area contributed by atoms with Gasteiger partial charge in [0.25, 0.3) is 0 Å². The van der Waals surface area contributed by atoms with Crippen molar-refractivity contribution in [1.29, 1.82) is 0 Å². The third-order valence-electron chi connectivity index (χ3n) is 2.37. The van der Waals surface area contributed by atoms with E-state index in [1.165, 1.54) is 6.08 Å². The lowest BCUT2D eigenvalue weighted by molar-refractivity contribution is -0.118. The SMILES string of the molecule is CC1COCCC1NC(=O)/C=C/CN. The molecule has 14 heavy (non-hydrogen) atoms. The summed E-state index contributed by atoms with van der Waals surface area (Å²) in [4.78, 5) is 11.3. The number of hydrogen-bond acceptors (Lipinski definition) is 3. The number of nitrogens with two attached hydrogens (primary N) is 1. The predicted molar refractivity (Wildman–Crippen MR) is 54.7 cm³/mol. The number of carbonyl (C=O) groups is 1. The van der Waals surface area contributed by atoms with Gasteiger partial charge >= 0.3 is 0 Å². The fourth-order valence-electron chi connectivity index (χ4n) is 1.50. The molecule has 1 rings (SSSR count). The maximum absolute atomic E-state index is 11.3. The topological polar surface area (TPSA) is 64.3 Å². The fraction of sp³-hybridized carbons (Fsp3) is 0.700. The Bertz CT molecular complexity index is 216. The molecule has 4 heteroatoms. The van der Waals surface area contributed by atoms with Gasteiger partial charge in [0.15, 0.2) is 0 Å². The van der Waals surface area contributed by atoms with Gasteiger partial charge in [0, 0.05) is 25.3 Å². The van der Waals surface area contributed by atoms with Crippen molar-refractivity contribution in [2.45, 2.75) is 19.4 Å². The molecule has 1 fully saturated rings. The van der Waals surface area contributed by atoms with E-state index in [4.69, 9.17) is 10.5 Å². The standard InChI is InChI=1S/C10H18N2O2/c1-8-7-14-6-4-9(8)12-10(13)3-2-5-11/h2-3,8-9H,4-7,11H2,1H3,(H,12,13)/b3-2+. The molecule has 0 bridgehead atoms. The molecule has 0 aromatic carbocycles. The predicted octanol–water partition coefficient (Wildman–Crippen LogP) is 0.0425. The van der Waals surface area contributed by atoms with Crippen LogP contribution < -0.4 is 11.1 Å². The van der Waals surface area contributed by atoms with Crippen molar-refractivity contribution >= 4 is 5.91 Å². The molecule has 0 aromatic rings. The summed E-state index contributed by atoms with van der Waals surface area (Å²) in [5, 5.41) is 2.94. The Balaban J connectivity index is 2.34. The summed E-state index contributed by atoms with van der Waals surface area (Å²) in [5.41, 5.74) is 5.25. The van der Waals surface area contributed by atoms with Gasteiger partial charge in [-0.1, -0.05) is 13.0 Å². The highest BCUT2D eigenvalue weighted by Crippen LogP contribution is 2.13. The largest absolute Gasteiger partial charge is 0.381 e. The van der Waals surface area contributed by atoms with Gasteiger partial charge < -0.3 is 15.8 Å². The van der Waals surface area contributed by atoms with Gasteiger partial charge in [-0.15, -0.1) is 0 Å². The molecule has 0 spiro atoms. The van der Waals surface area contributed by atoms with Crippen LogP contribution in [0.5, 0.6) is 0 Å². The van der Waals surface area contributed by atoms with Crippen molar-refractivity contribution in [3.63, 3.8) is 0 Å². The van der Waals surface area contributed by atoms with Crippen LogP contribution in [-0.2, 0) is 9.53 Å². The maximum Gasteiger partial charge on any atom is 0.243 e. The first kappa shape index (κ1) is 11.2. The molecule has 1 amide bonds. The van der Waals surface area contributed by atoms with Crippen molar-refractivity contribution in [3.05, 3.63) is 12.2 Å².